The third kappa shape index (κ3) is 6.28. The van der Waals surface area contributed by atoms with E-state index < -0.39 is 7.60 Å². The third-order valence-electron chi connectivity index (χ3n) is 4.46. The number of nitrogens with zero attached hydrogens (tertiary/aromatic N) is 1. The lowest BCUT2D eigenvalue weighted by atomic mass is 10.2. The summed E-state index contributed by atoms with van der Waals surface area (Å²) in [5.74, 6) is 0. The highest BCUT2D eigenvalue weighted by Crippen LogP contribution is 2.51. The molecule has 0 spiro atoms. The number of hydrogen-bond donors (Lipinski definition) is 1. The Kier molecular flexibility index (Phi) is 8.01. The number of nitrogens with one attached hydrogen (secondary N) is 1. The van der Waals surface area contributed by atoms with Gasteiger partial charge in [-0.1, -0.05) is 48.5 Å². The van der Waals surface area contributed by atoms with Crippen molar-refractivity contribution in [1.29, 1.82) is 0 Å². The molecule has 0 aliphatic rings. The number of rotatable bonds is 9. The summed E-state index contributed by atoms with van der Waals surface area (Å²) in [4.78, 5) is 14.7. The van der Waals surface area contributed by atoms with E-state index in [9.17, 15) is 9.36 Å². The average Bonchev–Trinajstić information content (AvgIpc) is 2.77. The highest BCUT2D eigenvalue weighted by molar-refractivity contribution is 7.53. The number of anilines is 3. The summed E-state index contributed by atoms with van der Waals surface area (Å²) in [7, 11) is -3.18. The smallest absolute Gasteiger partial charge is 0.309 e. The first-order chi connectivity index (χ1) is 15.0. The third-order valence-corrected chi connectivity index (χ3v) is 6.52. The molecule has 3 aromatic carbocycles. The Morgan fingerprint density at radius 2 is 1.29 bits per heavy atom. The lowest BCUT2D eigenvalue weighted by molar-refractivity contribution is 0.219. The molecule has 3 rings (SSSR count). The van der Waals surface area contributed by atoms with Gasteiger partial charge in [-0.25, -0.2) is 4.79 Å². The lowest BCUT2D eigenvalue weighted by Crippen LogP contribution is -2.30. The molecule has 0 aliphatic heterocycles. The summed E-state index contributed by atoms with van der Waals surface area (Å²) in [6, 6.07) is 25.8. The van der Waals surface area contributed by atoms with Gasteiger partial charge in [0.15, 0.2) is 0 Å². The van der Waals surface area contributed by atoms with E-state index in [1.54, 1.807) is 30.9 Å². The Morgan fingerprint density at radius 3 is 1.74 bits per heavy atom. The van der Waals surface area contributed by atoms with Crippen molar-refractivity contribution in [2.24, 2.45) is 0 Å². The number of carbonyl (C=O) groups excluding carboxylic acids is 1. The summed E-state index contributed by atoms with van der Waals surface area (Å²) < 4.78 is 23.4. The van der Waals surface area contributed by atoms with E-state index in [0.717, 1.165) is 16.9 Å². The van der Waals surface area contributed by atoms with Gasteiger partial charge in [0, 0.05) is 5.69 Å². The molecule has 0 aromatic heterocycles. The van der Waals surface area contributed by atoms with Crippen LogP contribution in [0.5, 0.6) is 0 Å². The quantitative estimate of drug-likeness (QED) is 0.372. The zero-order valence-electron chi connectivity index (χ0n) is 17.7. The van der Waals surface area contributed by atoms with E-state index in [2.05, 4.69) is 5.32 Å². The van der Waals surface area contributed by atoms with E-state index in [4.69, 9.17) is 9.05 Å². The van der Waals surface area contributed by atoms with Crippen molar-refractivity contribution >= 4 is 30.7 Å². The normalized spacial score (nSPS) is 11.2. The molecule has 0 radical (unpaired) electrons. The van der Waals surface area contributed by atoms with E-state index in [1.807, 2.05) is 72.8 Å². The highest BCUT2D eigenvalue weighted by atomic mass is 31.2. The number of amides is 2. The van der Waals surface area contributed by atoms with Gasteiger partial charge in [-0.05, 0) is 55.8 Å². The molecule has 0 unspecified atom stereocenters. The first-order valence-corrected chi connectivity index (χ1v) is 12.0. The maximum absolute atomic E-state index is 13.1. The molecule has 0 atom stereocenters. The monoisotopic (exact) mass is 438 g/mol. The van der Waals surface area contributed by atoms with Crippen LogP contribution in [0.15, 0.2) is 84.9 Å². The van der Waals surface area contributed by atoms with Crippen molar-refractivity contribution in [3.05, 3.63) is 90.5 Å². The SMILES string of the molecule is CCOP(=O)(Cc1ccc(NC(=O)N(c2ccccc2)c2ccccc2)cc1)OCC. The Morgan fingerprint density at radius 1 is 0.806 bits per heavy atom. The molecule has 0 fully saturated rings. The van der Waals surface area contributed by atoms with Gasteiger partial charge in [0.1, 0.15) is 0 Å². The van der Waals surface area contributed by atoms with Crippen LogP contribution >= 0.6 is 7.60 Å². The fourth-order valence-corrected chi connectivity index (χ4v) is 4.86. The van der Waals surface area contributed by atoms with Crippen LogP contribution in [0.4, 0.5) is 21.9 Å². The molecule has 6 nitrogen and oxygen atoms in total. The Bertz CT molecular complexity index is 961. The number of benzene rings is 3. The molecular weight excluding hydrogens is 411 g/mol. The van der Waals surface area contributed by atoms with E-state index in [1.165, 1.54) is 0 Å². The van der Waals surface area contributed by atoms with Gasteiger partial charge in [0.2, 0.25) is 0 Å². The molecule has 2 amide bonds. The maximum Gasteiger partial charge on any atom is 0.335 e. The zero-order chi connectivity index (χ0) is 22.1. The van der Waals surface area contributed by atoms with Crippen molar-refractivity contribution in [2.45, 2.75) is 20.0 Å². The molecule has 1 N–H and O–H groups in total. The van der Waals surface area contributed by atoms with Crippen molar-refractivity contribution in [3.63, 3.8) is 0 Å². The van der Waals surface area contributed by atoms with Crippen molar-refractivity contribution < 1.29 is 18.4 Å². The minimum atomic E-state index is -3.18. The van der Waals surface area contributed by atoms with E-state index in [-0.39, 0.29) is 12.2 Å². The highest BCUT2D eigenvalue weighted by Gasteiger charge is 2.24. The minimum Gasteiger partial charge on any atom is -0.309 e. The Hall–Kier alpha value is -2.92. The van der Waals surface area contributed by atoms with Crippen LogP contribution in [0.3, 0.4) is 0 Å². The zero-order valence-corrected chi connectivity index (χ0v) is 18.6. The molecule has 0 saturated heterocycles. The molecule has 162 valence electrons. The Labute approximate surface area is 183 Å². The van der Waals surface area contributed by atoms with Gasteiger partial charge < -0.3 is 14.4 Å². The summed E-state index contributed by atoms with van der Waals surface area (Å²) in [6.45, 7) is 4.21. The Balaban J connectivity index is 1.76. The number of carbonyl (C=O) groups is 1. The first-order valence-electron chi connectivity index (χ1n) is 10.2. The molecule has 0 heterocycles. The molecule has 0 aliphatic carbocycles. The maximum atomic E-state index is 13.1. The van der Waals surface area contributed by atoms with Crippen LogP contribution in [0.2, 0.25) is 0 Å². The van der Waals surface area contributed by atoms with Crippen LogP contribution in [-0.4, -0.2) is 19.2 Å². The minimum absolute atomic E-state index is 0.184. The van der Waals surface area contributed by atoms with Crippen LogP contribution in [0.1, 0.15) is 19.4 Å². The predicted octanol–water partition coefficient (Wildman–Crippen LogP) is 6.82. The number of hydrogen-bond acceptors (Lipinski definition) is 4. The first kappa shape index (κ1) is 22.8. The van der Waals surface area contributed by atoms with Gasteiger partial charge in [-0.15, -0.1) is 0 Å². The molecular formula is C24H27N2O4P. The fraction of sp³-hybridized carbons (Fsp3) is 0.208. The number of para-hydroxylation sites is 2. The second kappa shape index (κ2) is 10.9. The largest absolute Gasteiger partial charge is 0.335 e. The summed E-state index contributed by atoms with van der Waals surface area (Å²) in [5.41, 5.74) is 2.97. The summed E-state index contributed by atoms with van der Waals surface area (Å²) >= 11 is 0. The van der Waals surface area contributed by atoms with Crippen molar-refractivity contribution in [2.75, 3.05) is 23.4 Å². The second-order valence-electron chi connectivity index (χ2n) is 6.74. The molecule has 3 aromatic rings. The van der Waals surface area contributed by atoms with Gasteiger partial charge in [-0.3, -0.25) is 9.46 Å². The predicted molar refractivity (Wildman–Crippen MR) is 125 cm³/mol. The van der Waals surface area contributed by atoms with Gasteiger partial charge >= 0.3 is 13.6 Å². The van der Waals surface area contributed by atoms with E-state index >= 15 is 0 Å². The van der Waals surface area contributed by atoms with E-state index in [0.29, 0.717) is 18.9 Å². The molecule has 31 heavy (non-hydrogen) atoms. The van der Waals surface area contributed by atoms with Crippen LogP contribution in [0, 0.1) is 0 Å². The van der Waals surface area contributed by atoms with Gasteiger partial charge in [-0.2, -0.15) is 0 Å². The van der Waals surface area contributed by atoms with Crippen LogP contribution in [0.25, 0.3) is 0 Å². The summed E-state index contributed by atoms with van der Waals surface area (Å²) in [6.07, 6.45) is 0.184. The average molecular weight is 438 g/mol. The van der Waals surface area contributed by atoms with Crippen LogP contribution in [-0.2, 0) is 19.8 Å². The lowest BCUT2D eigenvalue weighted by Gasteiger charge is -2.23. The van der Waals surface area contributed by atoms with Gasteiger partial charge in [0.05, 0.1) is 30.8 Å². The van der Waals surface area contributed by atoms with Crippen molar-refractivity contribution in [1.82, 2.24) is 0 Å². The molecule has 0 bridgehead atoms. The summed E-state index contributed by atoms with van der Waals surface area (Å²) in [5, 5.41) is 2.93. The standard InChI is InChI=1S/C24H27N2O4P/c1-3-29-31(28,30-4-2)19-20-15-17-21(18-16-20)25-24(27)26(22-11-7-5-8-12-22)23-13-9-6-10-14-23/h5-18H,3-4,19H2,1-2H3,(H,25,27). The molecule has 7 heteroatoms. The fourth-order valence-electron chi connectivity index (χ4n) is 3.16. The van der Waals surface area contributed by atoms with Crippen LogP contribution < -0.4 is 10.2 Å². The molecule has 0 saturated carbocycles. The van der Waals surface area contributed by atoms with Gasteiger partial charge in [0.25, 0.3) is 0 Å². The topological polar surface area (TPSA) is 67.9 Å². The number of urea groups is 1. The second-order valence-corrected chi connectivity index (χ2v) is 8.79. The van der Waals surface area contributed by atoms with Crippen molar-refractivity contribution in [3.8, 4) is 0 Å².